The Morgan fingerprint density at radius 2 is 2.03 bits per heavy atom. The van der Waals surface area contributed by atoms with Gasteiger partial charge in [-0.25, -0.2) is 0 Å². The second-order valence-electron chi connectivity index (χ2n) is 9.50. The normalized spacial score (nSPS) is 16.5. The number of nitrogens with one attached hydrogen (secondary N) is 2. The van der Waals surface area contributed by atoms with E-state index in [-0.39, 0.29) is 13.2 Å². The van der Waals surface area contributed by atoms with Crippen LogP contribution in [0.2, 0.25) is 0 Å². The summed E-state index contributed by atoms with van der Waals surface area (Å²) in [5.41, 5.74) is 5.00. The van der Waals surface area contributed by atoms with Crippen LogP contribution in [0.3, 0.4) is 0 Å². The summed E-state index contributed by atoms with van der Waals surface area (Å²) in [4.78, 5) is 3.55. The Morgan fingerprint density at radius 1 is 1.19 bits per heavy atom. The zero-order chi connectivity index (χ0) is 25.3. The first-order valence-corrected chi connectivity index (χ1v) is 13.9. The predicted molar refractivity (Wildman–Crippen MR) is 140 cm³/mol. The number of aliphatic hydroxyl groups excluding tert-OH is 1. The fraction of sp³-hybridized carbons (Fsp3) is 0.462. The van der Waals surface area contributed by atoms with E-state index in [4.69, 9.17) is 9.47 Å². The summed E-state index contributed by atoms with van der Waals surface area (Å²) in [6.45, 7) is 1.84. The molecule has 0 spiro atoms. The average Bonchev–Trinajstić information content (AvgIpc) is 3.25. The zero-order valence-electron chi connectivity index (χ0n) is 20.8. The van der Waals surface area contributed by atoms with Crippen molar-refractivity contribution in [3.63, 3.8) is 0 Å². The number of aromatic amines is 1. The molecule has 0 radical (unpaired) electrons. The summed E-state index contributed by atoms with van der Waals surface area (Å²) in [6.07, 6.45) is 3.95. The number of anilines is 1. The summed E-state index contributed by atoms with van der Waals surface area (Å²) >= 11 is 0. The molecule has 0 saturated carbocycles. The van der Waals surface area contributed by atoms with E-state index >= 15 is 0 Å². The van der Waals surface area contributed by atoms with Gasteiger partial charge in [-0.1, -0.05) is 6.07 Å². The van der Waals surface area contributed by atoms with Gasteiger partial charge in [0, 0.05) is 49.8 Å². The van der Waals surface area contributed by atoms with Crippen molar-refractivity contribution in [1.29, 1.82) is 0 Å². The summed E-state index contributed by atoms with van der Waals surface area (Å²) in [6, 6.07) is 11.4. The molecule has 1 aliphatic heterocycles. The van der Waals surface area contributed by atoms with Gasteiger partial charge in [-0.2, -0.15) is 12.7 Å². The van der Waals surface area contributed by atoms with E-state index in [0.717, 1.165) is 24.1 Å². The van der Waals surface area contributed by atoms with Gasteiger partial charge in [0.2, 0.25) is 0 Å². The van der Waals surface area contributed by atoms with Crippen molar-refractivity contribution in [3.8, 4) is 11.5 Å². The first kappa shape index (κ1) is 24.9. The molecule has 0 unspecified atom stereocenters. The molecule has 1 aliphatic carbocycles. The highest BCUT2D eigenvalue weighted by Gasteiger charge is 2.31. The maximum atomic E-state index is 12.7. The number of ether oxygens (including phenoxy) is 2. The highest BCUT2D eigenvalue weighted by molar-refractivity contribution is 7.90. The van der Waals surface area contributed by atoms with E-state index in [9.17, 15) is 13.5 Å². The number of aliphatic hydroxyl groups is 1. The number of aromatic nitrogens is 1. The third-order valence-electron chi connectivity index (χ3n) is 6.88. The molecule has 36 heavy (non-hydrogen) atoms. The topological polar surface area (TPSA) is 107 Å². The second-order valence-corrected chi connectivity index (χ2v) is 11.6. The van der Waals surface area contributed by atoms with E-state index < -0.39 is 16.3 Å². The number of hydrogen-bond acceptors (Lipinski definition) is 6. The average molecular weight is 515 g/mol. The lowest BCUT2D eigenvalue weighted by molar-refractivity contribution is 0.172. The molecular weight excluding hydrogens is 480 g/mol. The van der Waals surface area contributed by atoms with Crippen molar-refractivity contribution >= 4 is 26.8 Å². The van der Waals surface area contributed by atoms with Crippen LogP contribution < -0.4 is 19.1 Å². The van der Waals surface area contributed by atoms with Gasteiger partial charge in [0.1, 0.15) is 24.7 Å². The maximum Gasteiger partial charge on any atom is 0.303 e. The Morgan fingerprint density at radius 3 is 2.86 bits per heavy atom. The Balaban J connectivity index is 1.15. The van der Waals surface area contributed by atoms with Gasteiger partial charge in [-0.15, -0.1) is 0 Å². The van der Waals surface area contributed by atoms with Crippen LogP contribution in [0.15, 0.2) is 36.4 Å². The molecule has 2 aliphatic rings. The van der Waals surface area contributed by atoms with E-state index in [1.165, 1.54) is 52.2 Å². The smallest absolute Gasteiger partial charge is 0.303 e. The van der Waals surface area contributed by atoms with E-state index in [0.29, 0.717) is 36.7 Å². The van der Waals surface area contributed by atoms with Crippen LogP contribution in [0.5, 0.6) is 11.5 Å². The molecule has 3 N–H and O–H groups in total. The molecule has 0 bridgehead atoms. The van der Waals surface area contributed by atoms with Gasteiger partial charge >= 0.3 is 10.2 Å². The van der Waals surface area contributed by atoms with Crippen LogP contribution in [0.25, 0.3) is 10.9 Å². The Bertz CT molecular complexity index is 1340. The highest BCUT2D eigenvalue weighted by Crippen LogP contribution is 2.36. The molecule has 2 aromatic carbocycles. The highest BCUT2D eigenvalue weighted by atomic mass is 32.2. The first-order chi connectivity index (χ1) is 17.3. The molecule has 1 atom stereocenters. The molecule has 1 aromatic heterocycles. The lowest BCUT2D eigenvalue weighted by Gasteiger charge is -2.32. The van der Waals surface area contributed by atoms with Gasteiger partial charge < -0.3 is 24.9 Å². The number of benzene rings is 2. The number of rotatable bonds is 9. The lowest BCUT2D eigenvalue weighted by atomic mass is 9.96. The predicted octanol–water partition coefficient (Wildman–Crippen LogP) is 2.75. The second kappa shape index (κ2) is 10.3. The van der Waals surface area contributed by atoms with E-state index in [1.54, 1.807) is 18.2 Å². The summed E-state index contributed by atoms with van der Waals surface area (Å²) < 4.78 is 39.5. The van der Waals surface area contributed by atoms with Crippen molar-refractivity contribution in [3.05, 3.63) is 53.2 Å². The van der Waals surface area contributed by atoms with Gasteiger partial charge in [-0.05, 0) is 61.1 Å². The van der Waals surface area contributed by atoms with Crippen molar-refractivity contribution in [2.45, 2.75) is 31.8 Å². The Labute approximate surface area is 212 Å². The minimum absolute atomic E-state index is 0.222. The van der Waals surface area contributed by atoms with Crippen LogP contribution in [0.1, 0.15) is 35.8 Å². The van der Waals surface area contributed by atoms with Crippen LogP contribution >= 0.6 is 0 Å². The maximum absolute atomic E-state index is 12.7. The molecule has 10 heteroatoms. The van der Waals surface area contributed by atoms with Gasteiger partial charge in [0.15, 0.2) is 0 Å². The van der Waals surface area contributed by atoms with Crippen molar-refractivity contribution in [1.82, 2.24) is 14.6 Å². The quantitative estimate of drug-likeness (QED) is 0.379. The lowest BCUT2D eigenvalue weighted by Crippen LogP contribution is -2.44. The summed E-state index contributed by atoms with van der Waals surface area (Å²) in [5, 5.41) is 15.2. The summed E-state index contributed by atoms with van der Waals surface area (Å²) in [7, 11) is -0.653. The molecule has 5 rings (SSSR count). The number of fused-ring (bicyclic) bond motifs is 4. The Kier molecular flexibility index (Phi) is 7.11. The van der Waals surface area contributed by atoms with Crippen molar-refractivity contribution < 1.29 is 23.0 Å². The number of hydrogen-bond donors (Lipinski definition) is 3. The van der Waals surface area contributed by atoms with E-state index in [1.807, 2.05) is 6.07 Å². The minimum atomic E-state index is -3.65. The largest absolute Gasteiger partial charge is 0.492 e. The van der Waals surface area contributed by atoms with Gasteiger partial charge in [0.05, 0.1) is 18.3 Å². The van der Waals surface area contributed by atoms with E-state index in [2.05, 4.69) is 22.4 Å². The number of nitrogens with zero attached hydrogens (tertiary/aromatic N) is 2. The molecule has 0 amide bonds. The monoisotopic (exact) mass is 514 g/mol. The molecule has 0 fully saturated rings. The Hall–Kier alpha value is -2.79. The molecule has 2 heterocycles. The third kappa shape index (κ3) is 4.90. The molecule has 9 nitrogen and oxygen atoms in total. The molecule has 3 aromatic rings. The third-order valence-corrected chi connectivity index (χ3v) is 8.74. The summed E-state index contributed by atoms with van der Waals surface area (Å²) in [5.74, 6) is 1.31. The fourth-order valence-corrected chi connectivity index (χ4v) is 6.03. The van der Waals surface area contributed by atoms with Crippen LogP contribution in [-0.2, 0) is 23.1 Å². The van der Waals surface area contributed by atoms with Gasteiger partial charge in [-0.3, -0.25) is 4.31 Å². The minimum Gasteiger partial charge on any atom is -0.492 e. The zero-order valence-corrected chi connectivity index (χ0v) is 21.6. The fourth-order valence-electron chi connectivity index (χ4n) is 4.93. The molecule has 194 valence electrons. The van der Waals surface area contributed by atoms with Crippen molar-refractivity contribution in [2.24, 2.45) is 0 Å². The molecule has 0 saturated heterocycles. The van der Waals surface area contributed by atoms with Crippen LogP contribution in [0, 0.1) is 0 Å². The van der Waals surface area contributed by atoms with Crippen molar-refractivity contribution in [2.75, 3.05) is 51.2 Å². The molecular formula is C26H34N4O5S. The first-order valence-electron chi connectivity index (χ1n) is 12.5. The standard InChI is InChI=1S/C26H34N4O5S/c1-29(2)36(32,33)30-12-14-35-26-10-7-18(15-24(26)30)25(31)17-27-11-13-34-19-8-9-21-20-5-3-4-6-22(20)28-23(21)16-19/h7-10,15-16,25,27-28,31H,3-6,11-14,17H2,1-2H3/t25-/m0/s1. The van der Waals surface area contributed by atoms with Crippen LogP contribution in [-0.4, -0.2) is 69.8 Å². The number of aryl methyl sites for hydroxylation is 2. The number of H-pyrrole nitrogens is 1. The van der Waals surface area contributed by atoms with Gasteiger partial charge in [0.25, 0.3) is 0 Å². The SMILES string of the molecule is CN(C)S(=O)(=O)N1CCOc2ccc([C@@H](O)CNCCOc3ccc4c5c([nH]c4c3)CCCC5)cc21. The van der Waals surface area contributed by atoms with Crippen LogP contribution in [0.4, 0.5) is 5.69 Å².